The fourth-order valence-electron chi connectivity index (χ4n) is 2.06. The summed E-state index contributed by atoms with van der Waals surface area (Å²) in [5, 5.41) is 9.23. The summed E-state index contributed by atoms with van der Waals surface area (Å²) in [5.74, 6) is 0.774. The van der Waals surface area contributed by atoms with E-state index in [2.05, 4.69) is 15.4 Å². The zero-order valence-electron chi connectivity index (χ0n) is 10.5. The first-order valence-electron chi connectivity index (χ1n) is 6.02. The van der Waals surface area contributed by atoms with Crippen LogP contribution in [0.1, 0.15) is 5.56 Å². The summed E-state index contributed by atoms with van der Waals surface area (Å²) in [6.45, 7) is 0.702. The molecule has 0 aliphatic rings. The molecule has 5 heteroatoms. The molecule has 1 aromatic carbocycles. The van der Waals surface area contributed by atoms with Crippen molar-refractivity contribution in [3.8, 4) is 5.82 Å². The molecule has 0 unspecified atom stereocenters. The Balaban J connectivity index is 2.13. The van der Waals surface area contributed by atoms with Gasteiger partial charge < -0.3 is 5.32 Å². The van der Waals surface area contributed by atoms with Gasteiger partial charge in [-0.05, 0) is 24.7 Å². The van der Waals surface area contributed by atoms with Gasteiger partial charge in [-0.1, -0.05) is 29.8 Å². The van der Waals surface area contributed by atoms with Crippen LogP contribution in [-0.2, 0) is 6.54 Å². The lowest BCUT2D eigenvalue weighted by Crippen LogP contribution is -2.08. The molecule has 0 saturated carbocycles. The first kappa shape index (κ1) is 12.1. The first-order valence-corrected chi connectivity index (χ1v) is 6.39. The predicted octanol–water partition coefficient (Wildman–Crippen LogP) is 2.79. The number of hydrogen-bond acceptors (Lipinski definition) is 3. The molecule has 0 amide bonds. The van der Waals surface area contributed by atoms with Gasteiger partial charge in [0.2, 0.25) is 0 Å². The smallest absolute Gasteiger partial charge is 0.154 e. The Hall–Kier alpha value is -1.91. The van der Waals surface area contributed by atoms with Crippen LogP contribution in [0.2, 0.25) is 5.02 Å². The van der Waals surface area contributed by atoms with Gasteiger partial charge in [0.1, 0.15) is 0 Å². The lowest BCUT2D eigenvalue weighted by molar-refractivity contribution is 0.806. The lowest BCUT2D eigenvalue weighted by Gasteiger charge is -2.07. The highest BCUT2D eigenvalue weighted by atomic mass is 35.5. The minimum atomic E-state index is 0.662. The number of aromatic nitrogens is 3. The van der Waals surface area contributed by atoms with Crippen LogP contribution >= 0.6 is 11.6 Å². The van der Waals surface area contributed by atoms with Crippen LogP contribution < -0.4 is 5.32 Å². The monoisotopic (exact) mass is 272 g/mol. The minimum Gasteiger partial charge on any atom is -0.316 e. The third-order valence-electron chi connectivity index (χ3n) is 2.98. The Morgan fingerprint density at radius 3 is 2.95 bits per heavy atom. The highest BCUT2D eigenvalue weighted by molar-refractivity contribution is 6.31. The summed E-state index contributed by atoms with van der Waals surface area (Å²) in [7, 11) is 1.89. The number of benzene rings is 1. The van der Waals surface area contributed by atoms with Crippen LogP contribution in [0.25, 0.3) is 16.7 Å². The second-order valence-electron chi connectivity index (χ2n) is 4.28. The third kappa shape index (κ3) is 2.20. The van der Waals surface area contributed by atoms with E-state index in [1.165, 1.54) is 0 Å². The summed E-state index contributed by atoms with van der Waals surface area (Å²) in [6.07, 6.45) is 3.50. The van der Waals surface area contributed by atoms with E-state index in [0.717, 1.165) is 22.3 Å². The first-order chi connectivity index (χ1) is 9.29. The number of fused-ring (bicyclic) bond motifs is 1. The van der Waals surface area contributed by atoms with Crippen molar-refractivity contribution in [1.82, 2.24) is 20.1 Å². The average Bonchev–Trinajstić information content (AvgIpc) is 2.85. The van der Waals surface area contributed by atoms with Gasteiger partial charge in [-0.15, -0.1) is 0 Å². The molecule has 19 heavy (non-hydrogen) atoms. The second kappa shape index (κ2) is 4.99. The van der Waals surface area contributed by atoms with Crippen molar-refractivity contribution in [3.05, 3.63) is 53.3 Å². The van der Waals surface area contributed by atoms with E-state index in [9.17, 15) is 0 Å². The maximum atomic E-state index is 6.12. The zero-order chi connectivity index (χ0) is 13.2. The van der Waals surface area contributed by atoms with Crippen molar-refractivity contribution in [2.75, 3.05) is 7.05 Å². The Morgan fingerprint density at radius 2 is 2.11 bits per heavy atom. The topological polar surface area (TPSA) is 42.7 Å². The van der Waals surface area contributed by atoms with Gasteiger partial charge in [0.25, 0.3) is 0 Å². The maximum absolute atomic E-state index is 6.12. The van der Waals surface area contributed by atoms with Crippen LogP contribution in [0.3, 0.4) is 0 Å². The van der Waals surface area contributed by atoms with Gasteiger partial charge in [0.05, 0.1) is 16.7 Å². The molecule has 0 aliphatic carbocycles. The number of hydrogen-bond donors (Lipinski definition) is 1. The molecule has 3 rings (SSSR count). The van der Waals surface area contributed by atoms with E-state index >= 15 is 0 Å². The van der Waals surface area contributed by atoms with E-state index in [0.29, 0.717) is 11.6 Å². The molecular formula is C14H13ClN4. The number of rotatable bonds is 3. The lowest BCUT2D eigenvalue weighted by atomic mass is 10.2. The molecule has 2 heterocycles. The van der Waals surface area contributed by atoms with E-state index in [-0.39, 0.29) is 0 Å². The van der Waals surface area contributed by atoms with Crippen LogP contribution in [0.5, 0.6) is 0 Å². The molecule has 0 saturated heterocycles. The molecule has 0 fully saturated rings. The maximum Gasteiger partial charge on any atom is 0.154 e. The van der Waals surface area contributed by atoms with Crippen molar-refractivity contribution in [2.24, 2.45) is 0 Å². The summed E-state index contributed by atoms with van der Waals surface area (Å²) >= 11 is 6.12. The largest absolute Gasteiger partial charge is 0.316 e. The van der Waals surface area contributed by atoms with E-state index in [4.69, 9.17) is 11.6 Å². The van der Waals surface area contributed by atoms with Crippen LogP contribution in [-0.4, -0.2) is 21.8 Å². The summed E-state index contributed by atoms with van der Waals surface area (Å²) in [5.41, 5.74) is 2.04. The summed E-state index contributed by atoms with van der Waals surface area (Å²) < 4.78 is 1.82. The number of halogens is 1. The molecule has 0 spiro atoms. The van der Waals surface area contributed by atoms with Gasteiger partial charge in [0.15, 0.2) is 5.82 Å². The number of para-hydroxylation sites is 1. The average molecular weight is 273 g/mol. The molecule has 0 radical (unpaired) electrons. The second-order valence-corrected chi connectivity index (χ2v) is 4.69. The standard InChI is InChI=1S/C14H13ClN4/c1-16-7-11-6-14(17-9-12(11)15)19-13-5-3-2-4-10(13)8-18-19/h2-6,8-9,16H,7H2,1H3. The van der Waals surface area contributed by atoms with Gasteiger partial charge in [-0.2, -0.15) is 5.10 Å². The van der Waals surface area contributed by atoms with Crippen LogP contribution in [0.15, 0.2) is 42.7 Å². The third-order valence-corrected chi connectivity index (χ3v) is 3.32. The molecule has 0 bridgehead atoms. The molecule has 0 aliphatic heterocycles. The summed E-state index contributed by atoms with van der Waals surface area (Å²) in [4.78, 5) is 4.35. The molecule has 1 N–H and O–H groups in total. The Bertz CT molecular complexity index is 720. The number of nitrogens with zero attached hydrogens (tertiary/aromatic N) is 3. The van der Waals surface area contributed by atoms with Crippen molar-refractivity contribution in [2.45, 2.75) is 6.54 Å². The SMILES string of the molecule is CNCc1cc(-n2ncc3ccccc32)ncc1Cl. The fraction of sp³-hybridized carbons (Fsp3) is 0.143. The number of nitrogens with one attached hydrogen (secondary N) is 1. The van der Waals surface area contributed by atoms with E-state index < -0.39 is 0 Å². The van der Waals surface area contributed by atoms with Crippen molar-refractivity contribution < 1.29 is 0 Å². The van der Waals surface area contributed by atoms with Gasteiger partial charge in [0, 0.05) is 18.1 Å². The normalized spacial score (nSPS) is 11.1. The quantitative estimate of drug-likeness (QED) is 0.797. The molecule has 2 aromatic heterocycles. The van der Waals surface area contributed by atoms with Gasteiger partial charge in [-0.25, -0.2) is 9.67 Å². The van der Waals surface area contributed by atoms with Crippen molar-refractivity contribution in [1.29, 1.82) is 0 Å². The number of pyridine rings is 1. The zero-order valence-corrected chi connectivity index (χ0v) is 11.2. The summed E-state index contributed by atoms with van der Waals surface area (Å²) in [6, 6.07) is 10.00. The predicted molar refractivity (Wildman–Crippen MR) is 76.6 cm³/mol. The van der Waals surface area contributed by atoms with Gasteiger partial charge >= 0.3 is 0 Å². The highest BCUT2D eigenvalue weighted by Crippen LogP contribution is 2.20. The van der Waals surface area contributed by atoms with E-state index in [1.54, 1.807) is 6.20 Å². The van der Waals surface area contributed by atoms with Crippen molar-refractivity contribution >= 4 is 22.5 Å². The Kier molecular flexibility index (Phi) is 3.19. The van der Waals surface area contributed by atoms with Crippen LogP contribution in [0.4, 0.5) is 0 Å². The Labute approximate surface area is 116 Å². The van der Waals surface area contributed by atoms with Crippen molar-refractivity contribution in [3.63, 3.8) is 0 Å². The molecule has 3 aromatic rings. The highest BCUT2D eigenvalue weighted by Gasteiger charge is 2.08. The molecule has 96 valence electrons. The minimum absolute atomic E-state index is 0.662. The Morgan fingerprint density at radius 1 is 1.26 bits per heavy atom. The molecule has 4 nitrogen and oxygen atoms in total. The molecular weight excluding hydrogens is 260 g/mol. The van der Waals surface area contributed by atoms with Crippen LogP contribution in [0, 0.1) is 0 Å². The fourth-order valence-corrected chi connectivity index (χ4v) is 2.23. The molecule has 0 atom stereocenters. The van der Waals surface area contributed by atoms with Gasteiger partial charge in [-0.3, -0.25) is 0 Å². The van der Waals surface area contributed by atoms with E-state index in [1.807, 2.05) is 48.3 Å².